The molecule has 0 bridgehead atoms. The van der Waals surface area contributed by atoms with Crippen LogP contribution in [0.5, 0.6) is 11.5 Å². The molecule has 186 valence electrons. The molecule has 2 fully saturated rings. The van der Waals surface area contributed by atoms with Gasteiger partial charge in [0.2, 0.25) is 30.4 Å². The molecule has 2 saturated heterocycles. The van der Waals surface area contributed by atoms with Crippen molar-refractivity contribution in [3.63, 3.8) is 0 Å². The molecule has 4 aliphatic rings. The Labute approximate surface area is 211 Å². The van der Waals surface area contributed by atoms with Crippen molar-refractivity contribution in [2.24, 2.45) is 17.6 Å². The number of benzene rings is 2. The summed E-state index contributed by atoms with van der Waals surface area (Å²) in [6.07, 6.45) is 0.209. The molecule has 0 saturated carbocycles. The number of nitrogens with zero attached hydrogens (tertiary/aromatic N) is 1. The van der Waals surface area contributed by atoms with Crippen molar-refractivity contribution in [1.82, 2.24) is 10.2 Å². The fourth-order valence-electron chi connectivity index (χ4n) is 5.98. The number of hydrogen-bond acceptors (Lipinski definition) is 7. The number of rotatable bonds is 5. The van der Waals surface area contributed by atoms with Crippen molar-refractivity contribution >= 4 is 40.9 Å². The molecule has 4 amide bonds. The summed E-state index contributed by atoms with van der Waals surface area (Å²) in [7, 11) is 0. The molecule has 0 radical (unpaired) electrons. The largest absolute Gasteiger partial charge is 0.454 e. The molecular weight excluding hydrogens is 488 g/mol. The second-order valence-electron chi connectivity index (χ2n) is 9.64. The smallest absolute Gasteiger partial charge is 0.250 e. The molecule has 4 aliphatic heterocycles. The lowest BCUT2D eigenvalue weighted by molar-refractivity contribution is -0.143. The maximum Gasteiger partial charge on any atom is 0.250 e. The number of carbonyl (C=O) groups excluding carboxylic acids is 4. The van der Waals surface area contributed by atoms with Crippen LogP contribution in [0.3, 0.4) is 0 Å². The minimum absolute atomic E-state index is 0.00362. The van der Waals surface area contributed by atoms with Gasteiger partial charge in [-0.05, 0) is 42.7 Å². The number of anilines is 1. The molecule has 4 heterocycles. The van der Waals surface area contributed by atoms with Gasteiger partial charge in [0.15, 0.2) is 11.5 Å². The zero-order chi connectivity index (χ0) is 25.4. The van der Waals surface area contributed by atoms with Crippen molar-refractivity contribution in [2.75, 3.05) is 12.1 Å². The van der Waals surface area contributed by atoms with E-state index in [1.165, 1.54) is 4.90 Å². The molecule has 0 aromatic heterocycles. The van der Waals surface area contributed by atoms with E-state index in [-0.39, 0.29) is 26.2 Å². The Bertz CT molecular complexity index is 1360. The molecule has 0 aliphatic carbocycles. The Hall–Kier alpha value is -3.63. The lowest BCUT2D eigenvalue weighted by Gasteiger charge is -2.29. The van der Waals surface area contributed by atoms with E-state index in [1.807, 2.05) is 6.92 Å². The van der Waals surface area contributed by atoms with Crippen LogP contribution in [0.4, 0.5) is 5.69 Å². The minimum atomic E-state index is -1.49. The number of nitrogens with two attached hydrogens (primary N) is 1. The van der Waals surface area contributed by atoms with Gasteiger partial charge in [-0.25, -0.2) is 0 Å². The average Bonchev–Trinajstić information content (AvgIpc) is 3.55. The van der Waals surface area contributed by atoms with E-state index in [0.29, 0.717) is 33.3 Å². The molecule has 10 nitrogen and oxygen atoms in total. The van der Waals surface area contributed by atoms with Gasteiger partial charge in [0.25, 0.3) is 0 Å². The highest BCUT2D eigenvalue weighted by Gasteiger charge is 2.70. The highest BCUT2D eigenvalue weighted by Crippen LogP contribution is 2.55. The summed E-state index contributed by atoms with van der Waals surface area (Å²) in [6, 6.07) is 8.14. The number of likely N-dealkylation sites (tertiary alicyclic amines) is 1. The molecule has 11 heteroatoms. The third kappa shape index (κ3) is 3.14. The first kappa shape index (κ1) is 22.8. The van der Waals surface area contributed by atoms with Gasteiger partial charge in [0.05, 0.1) is 29.1 Å². The topological polar surface area (TPSA) is 140 Å². The molecule has 1 spiro atoms. The molecule has 2 aromatic carbocycles. The lowest BCUT2D eigenvalue weighted by atomic mass is 9.76. The van der Waals surface area contributed by atoms with Crippen LogP contribution in [-0.2, 0) is 31.3 Å². The van der Waals surface area contributed by atoms with Crippen LogP contribution < -0.4 is 25.8 Å². The van der Waals surface area contributed by atoms with Gasteiger partial charge in [-0.2, -0.15) is 0 Å². The van der Waals surface area contributed by atoms with Gasteiger partial charge >= 0.3 is 0 Å². The third-order valence-electron chi connectivity index (χ3n) is 7.49. The number of hydrogen-bond donors (Lipinski definition) is 3. The van der Waals surface area contributed by atoms with Crippen LogP contribution in [-0.4, -0.2) is 41.4 Å². The molecule has 4 atom stereocenters. The standard InChI is InChI=1S/C25H23ClN4O6/c1-11-6-13-21(14(26)7-11)28-24(34)25(13)20-19(15(29-25)3-5-18(27)31)22(32)30(23(20)33)9-12-2-4-16-17(8-12)36-10-35-16/h2,4,6-8,15,19-20,29H,3,5,9-10H2,1H3,(H2,27,31)(H,28,34)/t15-,19-,20-,25+/m1/s1. The van der Waals surface area contributed by atoms with Crippen molar-refractivity contribution < 1.29 is 28.7 Å². The summed E-state index contributed by atoms with van der Waals surface area (Å²) in [6.45, 7) is 1.97. The maximum atomic E-state index is 13.9. The highest BCUT2D eigenvalue weighted by atomic mass is 35.5. The molecule has 0 unspecified atom stereocenters. The number of carbonyl (C=O) groups is 4. The van der Waals surface area contributed by atoms with Crippen molar-refractivity contribution in [1.29, 1.82) is 0 Å². The Morgan fingerprint density at radius 3 is 2.72 bits per heavy atom. The van der Waals surface area contributed by atoms with Crippen molar-refractivity contribution in [2.45, 2.75) is 37.9 Å². The monoisotopic (exact) mass is 510 g/mol. The molecule has 2 aromatic rings. The zero-order valence-electron chi connectivity index (χ0n) is 19.3. The van der Waals surface area contributed by atoms with E-state index in [1.54, 1.807) is 30.3 Å². The second-order valence-corrected chi connectivity index (χ2v) is 10.0. The van der Waals surface area contributed by atoms with E-state index >= 15 is 0 Å². The van der Waals surface area contributed by atoms with Gasteiger partial charge in [0, 0.05) is 18.0 Å². The number of amides is 4. The Morgan fingerprint density at radius 2 is 1.94 bits per heavy atom. The molecule has 6 rings (SSSR count). The number of ether oxygens (including phenoxy) is 2. The van der Waals surface area contributed by atoms with Crippen LogP contribution in [0.15, 0.2) is 30.3 Å². The number of halogens is 1. The lowest BCUT2D eigenvalue weighted by Crippen LogP contribution is -2.53. The summed E-state index contributed by atoms with van der Waals surface area (Å²) in [5.41, 5.74) is 6.34. The maximum absolute atomic E-state index is 13.9. The average molecular weight is 511 g/mol. The predicted octanol–water partition coefficient (Wildman–Crippen LogP) is 1.56. The second kappa shape index (κ2) is 7.94. The van der Waals surface area contributed by atoms with Crippen LogP contribution in [0.2, 0.25) is 5.02 Å². The first-order valence-electron chi connectivity index (χ1n) is 11.6. The van der Waals surface area contributed by atoms with Gasteiger partial charge in [-0.1, -0.05) is 23.7 Å². The summed E-state index contributed by atoms with van der Waals surface area (Å²) < 4.78 is 10.8. The van der Waals surface area contributed by atoms with Gasteiger partial charge in [0.1, 0.15) is 5.54 Å². The van der Waals surface area contributed by atoms with Crippen LogP contribution in [0, 0.1) is 18.8 Å². The highest BCUT2D eigenvalue weighted by molar-refractivity contribution is 6.35. The number of primary amides is 1. The quantitative estimate of drug-likeness (QED) is 0.518. The van der Waals surface area contributed by atoms with E-state index in [0.717, 1.165) is 5.56 Å². The van der Waals surface area contributed by atoms with Gasteiger partial charge in [-0.3, -0.25) is 29.4 Å². The van der Waals surface area contributed by atoms with E-state index < -0.39 is 47.0 Å². The van der Waals surface area contributed by atoms with Gasteiger partial charge in [-0.15, -0.1) is 0 Å². The fourth-order valence-corrected chi connectivity index (χ4v) is 6.30. The van der Waals surface area contributed by atoms with Crippen LogP contribution in [0.25, 0.3) is 0 Å². The Balaban J connectivity index is 1.42. The predicted molar refractivity (Wildman–Crippen MR) is 127 cm³/mol. The summed E-state index contributed by atoms with van der Waals surface area (Å²) in [4.78, 5) is 53.9. The first-order valence-corrected chi connectivity index (χ1v) is 12.0. The summed E-state index contributed by atoms with van der Waals surface area (Å²) >= 11 is 6.44. The number of imide groups is 1. The van der Waals surface area contributed by atoms with E-state index in [4.69, 9.17) is 26.8 Å². The minimum Gasteiger partial charge on any atom is -0.454 e. The SMILES string of the molecule is Cc1cc(Cl)c2c(c1)[C@@]1(N[C@H](CCC(N)=O)[C@H]3C(=O)N(Cc4ccc5c(c4)OCO5)C(=O)[C@@H]31)C(=O)N2. The first-order chi connectivity index (χ1) is 17.2. The Kier molecular flexibility index (Phi) is 5.03. The summed E-state index contributed by atoms with van der Waals surface area (Å²) in [5, 5.41) is 6.44. The van der Waals surface area contributed by atoms with E-state index in [2.05, 4.69) is 10.6 Å². The van der Waals surface area contributed by atoms with Crippen LogP contribution in [0.1, 0.15) is 29.5 Å². The molecule has 4 N–H and O–H groups in total. The van der Waals surface area contributed by atoms with E-state index in [9.17, 15) is 19.2 Å². The normalized spacial score (nSPS) is 27.6. The molecule has 36 heavy (non-hydrogen) atoms. The number of fused-ring (bicyclic) bond motifs is 5. The summed E-state index contributed by atoms with van der Waals surface area (Å²) in [5.74, 6) is -2.56. The molecular formula is C25H23ClN4O6. The zero-order valence-corrected chi connectivity index (χ0v) is 20.1. The Morgan fingerprint density at radius 1 is 1.17 bits per heavy atom. The number of aryl methyl sites for hydroxylation is 1. The number of nitrogens with one attached hydrogen (secondary N) is 2. The van der Waals surface area contributed by atoms with Gasteiger partial charge < -0.3 is 20.5 Å². The van der Waals surface area contributed by atoms with Crippen LogP contribution >= 0.6 is 11.6 Å². The fraction of sp³-hybridized carbons (Fsp3) is 0.360. The van der Waals surface area contributed by atoms with Crippen molar-refractivity contribution in [3.8, 4) is 11.5 Å². The third-order valence-corrected chi connectivity index (χ3v) is 7.79. The van der Waals surface area contributed by atoms with Crippen molar-refractivity contribution in [3.05, 3.63) is 52.0 Å².